The fourth-order valence-electron chi connectivity index (χ4n) is 0.344. The van der Waals surface area contributed by atoms with E-state index in [1.54, 1.807) is 0 Å². The van der Waals surface area contributed by atoms with Crippen molar-refractivity contribution in [1.82, 2.24) is 0 Å². The molecule has 0 aliphatic heterocycles. The minimum Gasteiger partial charge on any atom is -0.212 e. The highest BCUT2D eigenvalue weighted by Gasteiger charge is 1.85. The molecule has 32 valence electrons. The first-order chi connectivity index (χ1) is 2.91. The zero-order chi connectivity index (χ0) is 4.83. The van der Waals surface area contributed by atoms with Crippen molar-refractivity contribution in [2.75, 3.05) is 0 Å². The van der Waals surface area contributed by atoms with Gasteiger partial charge in [0.15, 0.2) is 6.59 Å². The Bertz CT molecular complexity index is 20.8. The topological polar surface area (TPSA) is 0 Å². The van der Waals surface area contributed by atoms with Gasteiger partial charge in [0.25, 0.3) is 0 Å². The third-order valence-corrected chi connectivity index (χ3v) is 1.00. The van der Waals surface area contributed by atoms with E-state index in [-0.39, 0.29) is 0 Å². The zero-order valence-corrected chi connectivity index (χ0v) is 4.96. The lowest BCUT2D eigenvalue weighted by Gasteiger charge is -1.77. The van der Waals surface area contributed by atoms with E-state index >= 15 is 0 Å². The van der Waals surface area contributed by atoms with Gasteiger partial charge in [0.1, 0.15) is 7.28 Å². The van der Waals surface area contributed by atoms with E-state index in [1.807, 2.05) is 0 Å². The maximum Gasteiger partial charge on any atom is 0.195 e. The van der Waals surface area contributed by atoms with Crippen LogP contribution >= 0.6 is 11.5 Å². The maximum absolute atomic E-state index is 5.38. The fourth-order valence-corrected chi connectivity index (χ4v) is 0.533. The van der Waals surface area contributed by atoms with Crippen LogP contribution in [0.25, 0.3) is 0 Å². The first-order valence-electron chi connectivity index (χ1n) is 2.47. The molecule has 0 aliphatic rings. The van der Waals surface area contributed by atoms with Crippen molar-refractivity contribution in [2.24, 2.45) is 0 Å². The summed E-state index contributed by atoms with van der Waals surface area (Å²) in [7, 11) is 2.45. The highest BCUT2D eigenvalue weighted by atomic mass is 35.5. The molecular formula is C2H8B3Cl. The van der Waals surface area contributed by atoms with Crippen LogP contribution < -0.4 is 0 Å². The van der Waals surface area contributed by atoms with Crippen molar-refractivity contribution in [3.63, 3.8) is 0 Å². The monoisotopic (exact) mass is 100 g/mol. The molecule has 0 bridgehead atoms. The first-order valence-corrected chi connectivity index (χ1v) is 3.01. The van der Waals surface area contributed by atoms with Crippen molar-refractivity contribution in [3.8, 4) is 0 Å². The van der Waals surface area contributed by atoms with Crippen molar-refractivity contribution in [1.29, 1.82) is 0 Å². The molecule has 0 saturated heterocycles. The van der Waals surface area contributed by atoms with E-state index in [2.05, 4.69) is 6.82 Å². The summed E-state index contributed by atoms with van der Waals surface area (Å²) in [6, 6.07) is 0. The smallest absolute Gasteiger partial charge is 0.195 e. The normalized spacial score (nSPS) is 7.00. The molecule has 4 heteroatoms. The van der Waals surface area contributed by atoms with Crippen molar-refractivity contribution in [2.45, 2.75) is 13.0 Å². The predicted molar refractivity (Wildman–Crippen MR) is 38.0 cm³/mol. The molecule has 0 aromatic heterocycles. The van der Waals surface area contributed by atoms with E-state index in [0.717, 1.165) is 6.59 Å². The van der Waals surface area contributed by atoms with Crippen LogP contribution in [0.1, 0.15) is 0 Å². The lowest BCUT2D eigenvalue weighted by molar-refractivity contribution is 1.98. The second kappa shape index (κ2) is 5.48. The fraction of sp³-hybridized carbons (Fsp3) is 1.00. The average Bonchev–Trinajstić information content (AvgIpc) is 1.61. The molecule has 0 aromatic carbocycles. The molecule has 0 nitrogen and oxygen atoms in total. The van der Waals surface area contributed by atoms with Gasteiger partial charge >= 0.3 is 0 Å². The minimum absolute atomic E-state index is 0.827. The Hall–Kier alpha value is 0.485. The van der Waals surface area contributed by atoms with Crippen LogP contribution in [0.3, 0.4) is 0 Å². The van der Waals surface area contributed by atoms with Crippen LogP contribution in [0.5, 0.6) is 0 Å². The number of halogens is 1. The van der Waals surface area contributed by atoms with Gasteiger partial charge in [0.2, 0.25) is 0 Å². The maximum atomic E-state index is 5.38. The predicted octanol–water partition coefficient (Wildman–Crippen LogP) is -0.211. The Labute approximate surface area is 46.3 Å². The van der Waals surface area contributed by atoms with Crippen LogP contribution in [-0.4, -0.2) is 21.0 Å². The molecule has 0 aliphatic carbocycles. The molecule has 0 atom stereocenters. The molecule has 0 rings (SSSR count). The van der Waals surface area contributed by atoms with Crippen molar-refractivity contribution >= 4 is 32.5 Å². The van der Waals surface area contributed by atoms with Gasteiger partial charge < -0.3 is 0 Å². The second-order valence-corrected chi connectivity index (χ2v) is 1.77. The summed E-state index contributed by atoms with van der Waals surface area (Å²) in [5, 5.41) is 0. The molecule has 0 spiro atoms. The first kappa shape index (κ1) is 6.48. The summed E-state index contributed by atoms with van der Waals surface area (Å²) in [6.07, 6.45) is 1.28. The Morgan fingerprint density at radius 1 is 1.67 bits per heavy atom. The van der Waals surface area contributed by atoms with Gasteiger partial charge in [-0.15, -0.1) is 6.22 Å². The second-order valence-electron chi connectivity index (χ2n) is 1.40. The van der Waals surface area contributed by atoms with E-state index in [4.69, 9.17) is 11.5 Å². The molecule has 0 N–H and O–H groups in total. The molecule has 6 heavy (non-hydrogen) atoms. The number of hydrogen-bond acceptors (Lipinski definition) is 0. The molecular weight excluding hydrogens is 91.9 g/mol. The van der Waals surface area contributed by atoms with E-state index in [0.29, 0.717) is 0 Å². The Morgan fingerprint density at radius 3 is 2.50 bits per heavy atom. The van der Waals surface area contributed by atoms with Gasteiger partial charge in [-0.25, -0.2) is 11.5 Å². The van der Waals surface area contributed by atoms with Crippen LogP contribution in [-0.2, 0) is 0 Å². The Kier molecular flexibility index (Phi) is 5.93. The third-order valence-electron chi connectivity index (χ3n) is 0.737. The lowest BCUT2D eigenvalue weighted by atomic mass is 9.43. The van der Waals surface area contributed by atoms with Gasteiger partial charge in [-0.1, -0.05) is 6.82 Å². The zero-order valence-electron chi connectivity index (χ0n) is 4.21. The lowest BCUT2D eigenvalue weighted by Crippen LogP contribution is -1.97. The molecule has 0 unspecified atom stereocenters. The minimum atomic E-state index is 0.827. The van der Waals surface area contributed by atoms with Crippen LogP contribution in [0.2, 0.25) is 13.0 Å². The molecule has 0 heterocycles. The summed E-state index contributed by atoms with van der Waals surface area (Å²) < 4.78 is 0. The number of hydrogen-bond donors (Lipinski definition) is 0. The van der Waals surface area contributed by atoms with Gasteiger partial charge in [-0.05, 0) is 0 Å². The quantitative estimate of drug-likeness (QED) is 0.340. The van der Waals surface area contributed by atoms with E-state index in [1.165, 1.54) is 20.7 Å². The summed E-state index contributed by atoms with van der Waals surface area (Å²) in [5.74, 6) is 0. The van der Waals surface area contributed by atoms with Crippen LogP contribution in [0, 0.1) is 0 Å². The van der Waals surface area contributed by atoms with E-state index in [9.17, 15) is 0 Å². The van der Waals surface area contributed by atoms with Crippen molar-refractivity contribution < 1.29 is 0 Å². The molecule has 0 amide bonds. The summed E-state index contributed by atoms with van der Waals surface area (Å²) >= 11 is 5.38. The summed E-state index contributed by atoms with van der Waals surface area (Å²) in [4.78, 5) is 0. The van der Waals surface area contributed by atoms with Crippen molar-refractivity contribution in [3.05, 3.63) is 0 Å². The van der Waals surface area contributed by atoms with Crippen LogP contribution in [0.4, 0.5) is 0 Å². The highest BCUT2D eigenvalue weighted by Crippen LogP contribution is 1.73. The molecule has 0 aromatic rings. The van der Waals surface area contributed by atoms with Gasteiger partial charge in [-0.3, -0.25) is 0 Å². The Morgan fingerprint density at radius 2 is 2.33 bits per heavy atom. The summed E-state index contributed by atoms with van der Waals surface area (Å²) in [6.45, 7) is 3.00. The summed E-state index contributed by atoms with van der Waals surface area (Å²) in [5.41, 5.74) is 0. The Balaban J connectivity index is 2.34. The van der Waals surface area contributed by atoms with Crippen LogP contribution in [0.15, 0.2) is 0 Å². The van der Waals surface area contributed by atoms with Gasteiger partial charge in [0.05, 0.1) is 7.17 Å². The van der Waals surface area contributed by atoms with Gasteiger partial charge in [-0.2, -0.15) is 0 Å². The highest BCUT2D eigenvalue weighted by molar-refractivity contribution is 7.27. The third kappa shape index (κ3) is 4.48. The molecule has 0 radical (unpaired) electrons. The van der Waals surface area contributed by atoms with E-state index < -0.39 is 0 Å². The standard InChI is InChI=1S/C2H8B3Cl/c1-3-2-4-5-6/h3-5H,2H2,1H3. The molecule has 0 fully saturated rings. The SMILES string of the molecule is CBCBBCl. The number of rotatable bonds is 3. The average molecular weight is 100.0 g/mol. The largest absolute Gasteiger partial charge is 0.212 e. The van der Waals surface area contributed by atoms with Gasteiger partial charge in [0, 0.05) is 0 Å². The molecule has 0 saturated carbocycles.